The molecule has 0 fully saturated rings. The molecule has 0 aromatic rings. The van der Waals surface area contributed by atoms with Gasteiger partial charge in [-0.25, -0.2) is 4.79 Å². The zero-order valence-electron chi connectivity index (χ0n) is 11.7. The average molecular weight is 271 g/mol. The van der Waals surface area contributed by atoms with E-state index in [4.69, 9.17) is 5.11 Å². The van der Waals surface area contributed by atoms with Crippen molar-refractivity contribution in [3.05, 3.63) is 11.6 Å². The molecule has 0 spiro atoms. The van der Waals surface area contributed by atoms with Crippen molar-refractivity contribution in [3.63, 3.8) is 0 Å². The largest absolute Gasteiger partial charge is 0.478 e. The quantitative estimate of drug-likeness (QED) is 0.527. The Morgan fingerprint density at radius 3 is 2.42 bits per heavy atom. The van der Waals surface area contributed by atoms with Crippen molar-refractivity contribution < 1.29 is 19.5 Å². The van der Waals surface area contributed by atoms with Gasteiger partial charge < -0.3 is 20.6 Å². The average Bonchev–Trinajstić information content (AvgIpc) is 2.34. The van der Waals surface area contributed by atoms with Crippen LogP contribution in [0, 0.1) is 0 Å². The topological polar surface area (TPSA) is 98.7 Å². The Kier molecular flexibility index (Phi) is 7.43. The number of carboxylic acids is 1. The molecule has 0 aromatic heterocycles. The van der Waals surface area contributed by atoms with Gasteiger partial charge in [0, 0.05) is 19.2 Å². The molecule has 7 heteroatoms. The van der Waals surface area contributed by atoms with Gasteiger partial charge in [-0.2, -0.15) is 0 Å². The molecule has 0 bridgehead atoms. The first kappa shape index (κ1) is 17.1. The molecule has 108 valence electrons. The minimum absolute atomic E-state index is 0.138. The number of carboxylic acid groups (broad SMARTS) is 1. The number of hydrogen-bond acceptors (Lipinski definition) is 4. The van der Waals surface area contributed by atoms with Gasteiger partial charge >= 0.3 is 5.97 Å². The molecule has 2 amide bonds. The van der Waals surface area contributed by atoms with E-state index in [1.807, 2.05) is 0 Å². The molecular formula is C12H21N3O4. The van der Waals surface area contributed by atoms with Crippen molar-refractivity contribution in [3.8, 4) is 0 Å². The van der Waals surface area contributed by atoms with Crippen molar-refractivity contribution in [1.82, 2.24) is 15.5 Å². The first-order chi connectivity index (χ1) is 8.79. The first-order valence-electron chi connectivity index (χ1n) is 5.88. The lowest BCUT2D eigenvalue weighted by atomic mass is 10.2. The lowest BCUT2D eigenvalue weighted by molar-refractivity contribution is -0.134. The van der Waals surface area contributed by atoms with E-state index in [0.717, 1.165) is 0 Å². The second kappa shape index (κ2) is 8.25. The summed E-state index contributed by atoms with van der Waals surface area (Å²) in [5.74, 6) is -1.57. The Labute approximate surface area is 112 Å². The Bertz CT molecular complexity index is 379. The number of rotatable bonds is 7. The van der Waals surface area contributed by atoms with Crippen LogP contribution in [-0.4, -0.2) is 61.0 Å². The highest BCUT2D eigenvalue weighted by molar-refractivity contribution is 5.88. The molecule has 3 N–H and O–H groups in total. The summed E-state index contributed by atoms with van der Waals surface area (Å²) in [6.45, 7) is 3.36. The minimum atomic E-state index is -1.02. The van der Waals surface area contributed by atoms with Crippen LogP contribution in [0.5, 0.6) is 0 Å². The van der Waals surface area contributed by atoms with E-state index in [-0.39, 0.29) is 30.5 Å². The fourth-order valence-corrected chi connectivity index (χ4v) is 1.30. The third kappa shape index (κ3) is 6.56. The van der Waals surface area contributed by atoms with Crippen LogP contribution in [0.2, 0.25) is 0 Å². The number of hydrogen-bond donors (Lipinski definition) is 3. The van der Waals surface area contributed by atoms with Gasteiger partial charge in [0.15, 0.2) is 0 Å². The van der Waals surface area contributed by atoms with Crippen molar-refractivity contribution in [2.75, 3.05) is 27.2 Å². The predicted octanol–water partition coefficient (Wildman–Crippen LogP) is -0.800. The zero-order valence-corrected chi connectivity index (χ0v) is 11.7. The number of likely N-dealkylation sites (N-methyl/N-ethyl adjacent to an activating group) is 2. The predicted molar refractivity (Wildman–Crippen MR) is 70.6 cm³/mol. The molecule has 0 rings (SSSR count). The molecule has 0 heterocycles. The fraction of sp³-hybridized carbons (Fsp3) is 0.583. The number of nitrogens with zero attached hydrogens (tertiary/aromatic N) is 1. The van der Waals surface area contributed by atoms with Gasteiger partial charge in [-0.05, 0) is 20.9 Å². The molecule has 0 saturated carbocycles. The van der Waals surface area contributed by atoms with Crippen LogP contribution in [0.1, 0.15) is 13.8 Å². The summed E-state index contributed by atoms with van der Waals surface area (Å²) < 4.78 is 0. The SMILES string of the molecule is CNCC(=O)NC(C)C(=O)N(C)C/C=C(\C)C(=O)O. The molecular weight excluding hydrogens is 250 g/mol. The fourth-order valence-electron chi connectivity index (χ4n) is 1.30. The van der Waals surface area contributed by atoms with Crippen molar-refractivity contribution >= 4 is 17.8 Å². The normalized spacial score (nSPS) is 12.7. The van der Waals surface area contributed by atoms with Gasteiger partial charge in [0.1, 0.15) is 6.04 Å². The maximum absolute atomic E-state index is 11.9. The minimum Gasteiger partial charge on any atom is -0.478 e. The second-order valence-electron chi connectivity index (χ2n) is 4.23. The molecule has 19 heavy (non-hydrogen) atoms. The Morgan fingerprint density at radius 1 is 1.37 bits per heavy atom. The highest BCUT2D eigenvalue weighted by Crippen LogP contribution is 1.97. The van der Waals surface area contributed by atoms with Gasteiger partial charge in [-0.3, -0.25) is 9.59 Å². The summed E-state index contributed by atoms with van der Waals surface area (Å²) in [6, 6.07) is -0.649. The van der Waals surface area contributed by atoms with Crippen LogP contribution < -0.4 is 10.6 Å². The highest BCUT2D eigenvalue weighted by atomic mass is 16.4. The number of nitrogens with one attached hydrogen (secondary N) is 2. The molecule has 0 aromatic carbocycles. The smallest absolute Gasteiger partial charge is 0.331 e. The van der Waals surface area contributed by atoms with Crippen LogP contribution in [0.15, 0.2) is 11.6 Å². The first-order valence-corrected chi connectivity index (χ1v) is 5.88. The van der Waals surface area contributed by atoms with E-state index in [9.17, 15) is 14.4 Å². The third-order valence-corrected chi connectivity index (χ3v) is 2.47. The van der Waals surface area contributed by atoms with E-state index in [1.54, 1.807) is 21.0 Å². The Morgan fingerprint density at radius 2 is 1.95 bits per heavy atom. The summed E-state index contributed by atoms with van der Waals surface area (Å²) in [5, 5.41) is 13.9. The zero-order chi connectivity index (χ0) is 15.0. The third-order valence-electron chi connectivity index (χ3n) is 2.47. The maximum Gasteiger partial charge on any atom is 0.331 e. The van der Waals surface area contributed by atoms with E-state index in [2.05, 4.69) is 10.6 Å². The highest BCUT2D eigenvalue weighted by Gasteiger charge is 2.18. The van der Waals surface area contributed by atoms with Gasteiger partial charge in [0.25, 0.3) is 0 Å². The molecule has 0 aliphatic heterocycles. The summed E-state index contributed by atoms with van der Waals surface area (Å²) in [7, 11) is 3.19. The van der Waals surface area contributed by atoms with E-state index >= 15 is 0 Å². The van der Waals surface area contributed by atoms with Crippen LogP contribution in [0.4, 0.5) is 0 Å². The number of carbonyl (C=O) groups is 3. The molecule has 0 aliphatic rings. The monoisotopic (exact) mass is 271 g/mol. The van der Waals surface area contributed by atoms with Gasteiger partial charge in [-0.1, -0.05) is 6.08 Å². The molecule has 0 aliphatic carbocycles. The van der Waals surface area contributed by atoms with Crippen LogP contribution in [0.3, 0.4) is 0 Å². The lowest BCUT2D eigenvalue weighted by Crippen LogP contribution is -2.47. The lowest BCUT2D eigenvalue weighted by Gasteiger charge is -2.21. The standard InChI is InChI=1S/C12H21N3O4/c1-8(12(18)19)5-6-15(4)11(17)9(2)14-10(16)7-13-3/h5,9,13H,6-7H2,1-4H3,(H,14,16)(H,18,19)/b8-5+. The van der Waals surface area contributed by atoms with Crippen molar-refractivity contribution in [1.29, 1.82) is 0 Å². The molecule has 0 saturated heterocycles. The van der Waals surface area contributed by atoms with E-state index in [1.165, 1.54) is 17.9 Å². The number of carbonyl (C=O) groups excluding carboxylic acids is 2. The van der Waals surface area contributed by atoms with Crippen LogP contribution in [0.25, 0.3) is 0 Å². The van der Waals surface area contributed by atoms with Crippen molar-refractivity contribution in [2.24, 2.45) is 0 Å². The summed E-state index contributed by atoms with van der Waals surface area (Å²) in [6.07, 6.45) is 1.45. The summed E-state index contributed by atoms with van der Waals surface area (Å²) >= 11 is 0. The molecule has 0 radical (unpaired) electrons. The Hall–Kier alpha value is -1.89. The maximum atomic E-state index is 11.9. The second-order valence-corrected chi connectivity index (χ2v) is 4.23. The van der Waals surface area contributed by atoms with E-state index in [0.29, 0.717) is 0 Å². The van der Waals surface area contributed by atoms with Gasteiger partial charge in [0.05, 0.1) is 6.54 Å². The van der Waals surface area contributed by atoms with Gasteiger partial charge in [0.2, 0.25) is 11.8 Å². The van der Waals surface area contributed by atoms with Crippen LogP contribution in [-0.2, 0) is 14.4 Å². The summed E-state index contributed by atoms with van der Waals surface area (Å²) in [4.78, 5) is 35.1. The van der Waals surface area contributed by atoms with Crippen molar-refractivity contribution in [2.45, 2.75) is 19.9 Å². The Balaban J connectivity index is 4.36. The van der Waals surface area contributed by atoms with Gasteiger partial charge in [-0.15, -0.1) is 0 Å². The summed E-state index contributed by atoms with van der Waals surface area (Å²) in [5.41, 5.74) is 0.173. The van der Waals surface area contributed by atoms with E-state index < -0.39 is 12.0 Å². The number of amides is 2. The molecule has 1 atom stereocenters. The number of aliphatic carboxylic acids is 1. The molecule has 7 nitrogen and oxygen atoms in total. The molecule has 1 unspecified atom stereocenters. The van der Waals surface area contributed by atoms with Crippen LogP contribution >= 0.6 is 0 Å².